The highest BCUT2D eigenvalue weighted by Crippen LogP contribution is 2.33. The molecule has 8 heteroatoms. The van der Waals surface area contributed by atoms with Crippen LogP contribution in [0.25, 0.3) is 11.0 Å². The van der Waals surface area contributed by atoms with Crippen LogP contribution in [0, 0.1) is 0 Å². The lowest BCUT2D eigenvalue weighted by molar-refractivity contribution is -0.121. The van der Waals surface area contributed by atoms with E-state index in [1.54, 1.807) is 17.0 Å². The van der Waals surface area contributed by atoms with Gasteiger partial charge in [0.15, 0.2) is 0 Å². The Hall–Kier alpha value is -2.90. The van der Waals surface area contributed by atoms with E-state index in [9.17, 15) is 9.59 Å². The second-order valence-electron chi connectivity index (χ2n) is 6.49. The molecule has 4 rings (SSSR count). The molecular formula is C19H18ClN5O2. The van der Waals surface area contributed by atoms with Crippen LogP contribution in [0.2, 0.25) is 5.02 Å². The highest BCUT2D eigenvalue weighted by atomic mass is 35.5. The fourth-order valence-corrected chi connectivity index (χ4v) is 3.64. The van der Waals surface area contributed by atoms with Gasteiger partial charge in [-0.15, -0.1) is 0 Å². The molecule has 27 heavy (non-hydrogen) atoms. The Morgan fingerprint density at radius 1 is 1.22 bits per heavy atom. The molecule has 3 N–H and O–H groups in total. The lowest BCUT2D eigenvalue weighted by Crippen LogP contribution is -2.34. The van der Waals surface area contributed by atoms with Gasteiger partial charge in [-0.2, -0.15) is 0 Å². The van der Waals surface area contributed by atoms with E-state index in [1.165, 1.54) is 0 Å². The number of imidazole rings is 1. The quantitative estimate of drug-likeness (QED) is 0.410. The number of amides is 2. The average Bonchev–Trinajstić information content (AvgIpc) is 3.23. The van der Waals surface area contributed by atoms with Crippen LogP contribution in [0.15, 0.2) is 48.5 Å². The van der Waals surface area contributed by atoms with Crippen molar-refractivity contribution in [3.63, 3.8) is 0 Å². The number of hydrogen-bond donors (Lipinski definition) is 2. The first-order valence-corrected chi connectivity index (χ1v) is 8.95. The molecule has 2 heterocycles. The maximum Gasteiger partial charge on any atom is 0.253 e. The topological polar surface area (TPSA) is 93.2 Å². The lowest BCUT2D eigenvalue weighted by Gasteiger charge is -2.17. The van der Waals surface area contributed by atoms with E-state index in [4.69, 9.17) is 22.4 Å². The largest absolute Gasteiger partial charge is 0.318 e. The van der Waals surface area contributed by atoms with Gasteiger partial charge in [0.25, 0.3) is 5.91 Å². The second-order valence-corrected chi connectivity index (χ2v) is 6.93. The molecule has 0 saturated carbocycles. The molecule has 0 radical (unpaired) electrons. The molecule has 0 spiro atoms. The van der Waals surface area contributed by atoms with Crippen LogP contribution in [-0.4, -0.2) is 27.9 Å². The van der Waals surface area contributed by atoms with Gasteiger partial charge in [0.1, 0.15) is 12.4 Å². The number of hydrazine groups is 1. The minimum Gasteiger partial charge on any atom is -0.318 e. The van der Waals surface area contributed by atoms with Crippen LogP contribution >= 0.6 is 11.6 Å². The zero-order valence-electron chi connectivity index (χ0n) is 14.4. The SMILES string of the molecule is NNC(=O)Cn1c(C2CC(=O)N(c3ccc(Cl)cc3)C2)nc2ccccc21. The minimum absolute atomic E-state index is 0.0178. The summed E-state index contributed by atoms with van der Waals surface area (Å²) < 4.78 is 1.83. The first kappa shape index (κ1) is 17.5. The molecular weight excluding hydrogens is 366 g/mol. The van der Waals surface area contributed by atoms with Gasteiger partial charge in [0.2, 0.25) is 5.91 Å². The van der Waals surface area contributed by atoms with E-state index in [1.807, 2.05) is 41.0 Å². The minimum atomic E-state index is -0.321. The van der Waals surface area contributed by atoms with Crippen LogP contribution in [0.4, 0.5) is 5.69 Å². The van der Waals surface area contributed by atoms with Gasteiger partial charge in [-0.05, 0) is 36.4 Å². The average molecular weight is 384 g/mol. The van der Waals surface area contributed by atoms with Crippen molar-refractivity contribution in [2.24, 2.45) is 5.84 Å². The molecule has 1 saturated heterocycles. The number of rotatable bonds is 4. The first-order chi connectivity index (χ1) is 13.1. The third-order valence-electron chi connectivity index (χ3n) is 4.78. The first-order valence-electron chi connectivity index (χ1n) is 8.57. The fraction of sp³-hybridized carbons (Fsp3) is 0.211. The van der Waals surface area contributed by atoms with E-state index >= 15 is 0 Å². The lowest BCUT2D eigenvalue weighted by atomic mass is 10.1. The van der Waals surface area contributed by atoms with Crippen molar-refractivity contribution < 1.29 is 9.59 Å². The predicted octanol–water partition coefficient (Wildman–Crippen LogP) is 2.20. The summed E-state index contributed by atoms with van der Waals surface area (Å²) in [5, 5.41) is 0.622. The highest BCUT2D eigenvalue weighted by molar-refractivity contribution is 6.30. The highest BCUT2D eigenvalue weighted by Gasteiger charge is 2.35. The Labute approximate surface area is 160 Å². The Kier molecular flexibility index (Phi) is 4.55. The summed E-state index contributed by atoms with van der Waals surface area (Å²) in [6, 6.07) is 14.8. The Morgan fingerprint density at radius 3 is 2.70 bits per heavy atom. The molecule has 1 atom stereocenters. The van der Waals surface area contributed by atoms with E-state index in [0.29, 0.717) is 23.8 Å². The molecule has 1 aliphatic heterocycles. The van der Waals surface area contributed by atoms with Crippen LogP contribution in [0.5, 0.6) is 0 Å². The molecule has 1 unspecified atom stereocenters. The second kappa shape index (κ2) is 7.02. The maximum absolute atomic E-state index is 12.6. The summed E-state index contributed by atoms with van der Waals surface area (Å²) in [4.78, 5) is 30.9. The van der Waals surface area contributed by atoms with Crippen molar-refractivity contribution in [2.45, 2.75) is 18.9 Å². The maximum atomic E-state index is 12.6. The zero-order chi connectivity index (χ0) is 19.0. The van der Waals surface area contributed by atoms with Gasteiger partial charge >= 0.3 is 0 Å². The van der Waals surface area contributed by atoms with Crippen LogP contribution in [-0.2, 0) is 16.1 Å². The van der Waals surface area contributed by atoms with Gasteiger partial charge in [-0.3, -0.25) is 15.0 Å². The number of para-hydroxylation sites is 2. The number of carbonyl (C=O) groups excluding carboxylic acids is 2. The molecule has 138 valence electrons. The number of fused-ring (bicyclic) bond motifs is 1. The fourth-order valence-electron chi connectivity index (χ4n) is 3.51. The molecule has 1 fully saturated rings. The Morgan fingerprint density at radius 2 is 1.96 bits per heavy atom. The number of hydrogen-bond acceptors (Lipinski definition) is 4. The van der Waals surface area contributed by atoms with E-state index in [0.717, 1.165) is 16.7 Å². The van der Waals surface area contributed by atoms with Crippen LogP contribution < -0.4 is 16.2 Å². The molecule has 0 aliphatic carbocycles. The van der Waals surface area contributed by atoms with E-state index in [-0.39, 0.29) is 24.3 Å². The molecule has 0 bridgehead atoms. The summed E-state index contributed by atoms with van der Waals surface area (Å²) >= 11 is 5.94. The van der Waals surface area contributed by atoms with Gasteiger partial charge in [-0.1, -0.05) is 23.7 Å². The zero-order valence-corrected chi connectivity index (χ0v) is 15.2. The predicted molar refractivity (Wildman–Crippen MR) is 103 cm³/mol. The van der Waals surface area contributed by atoms with Gasteiger partial charge in [-0.25, -0.2) is 10.8 Å². The van der Waals surface area contributed by atoms with Crippen molar-refractivity contribution in [3.05, 3.63) is 59.4 Å². The van der Waals surface area contributed by atoms with E-state index in [2.05, 4.69) is 5.43 Å². The van der Waals surface area contributed by atoms with Gasteiger partial charge in [0, 0.05) is 29.6 Å². The number of nitrogens with one attached hydrogen (secondary N) is 1. The number of aromatic nitrogens is 2. The molecule has 2 amide bonds. The Bertz CT molecular complexity index is 1010. The number of halogens is 1. The van der Waals surface area contributed by atoms with Gasteiger partial charge in [0.05, 0.1) is 11.0 Å². The summed E-state index contributed by atoms with van der Waals surface area (Å²) in [7, 11) is 0. The monoisotopic (exact) mass is 383 g/mol. The summed E-state index contributed by atoms with van der Waals surface area (Å²) in [5.74, 6) is 5.55. The number of nitrogens with zero attached hydrogens (tertiary/aromatic N) is 3. The number of nitrogens with two attached hydrogens (primary N) is 1. The number of carbonyl (C=O) groups is 2. The summed E-state index contributed by atoms with van der Waals surface area (Å²) in [6.07, 6.45) is 0.330. The number of anilines is 1. The standard InChI is InChI=1S/C19H18ClN5O2/c20-13-5-7-14(8-6-13)24-10-12(9-18(24)27)19-22-15-3-1-2-4-16(15)25(19)11-17(26)23-21/h1-8,12H,9-11,21H2,(H,23,26). The van der Waals surface area contributed by atoms with Crippen molar-refractivity contribution in [1.29, 1.82) is 0 Å². The molecule has 3 aromatic rings. The van der Waals surface area contributed by atoms with Crippen molar-refractivity contribution >= 4 is 40.1 Å². The smallest absolute Gasteiger partial charge is 0.253 e. The number of benzene rings is 2. The van der Waals surface area contributed by atoms with Crippen molar-refractivity contribution in [1.82, 2.24) is 15.0 Å². The van der Waals surface area contributed by atoms with Gasteiger partial charge < -0.3 is 9.47 Å². The van der Waals surface area contributed by atoms with E-state index < -0.39 is 0 Å². The van der Waals surface area contributed by atoms with Crippen molar-refractivity contribution in [3.8, 4) is 0 Å². The summed E-state index contributed by atoms with van der Waals surface area (Å²) in [5.41, 5.74) is 4.59. The molecule has 2 aromatic carbocycles. The van der Waals surface area contributed by atoms with Crippen LogP contribution in [0.1, 0.15) is 18.2 Å². The normalized spacial score (nSPS) is 16.9. The third-order valence-corrected chi connectivity index (χ3v) is 5.03. The van der Waals surface area contributed by atoms with Crippen LogP contribution in [0.3, 0.4) is 0 Å². The molecule has 1 aliphatic rings. The summed E-state index contributed by atoms with van der Waals surface area (Å²) in [6.45, 7) is 0.548. The van der Waals surface area contributed by atoms with Crippen molar-refractivity contribution in [2.75, 3.05) is 11.4 Å². The third kappa shape index (κ3) is 3.27. The molecule has 1 aromatic heterocycles. The molecule has 7 nitrogen and oxygen atoms in total. The Balaban J connectivity index is 1.70.